The number of hydrogen-bond acceptors (Lipinski definition) is 3. The summed E-state index contributed by atoms with van der Waals surface area (Å²) < 4.78 is 6.71. The van der Waals surface area contributed by atoms with Gasteiger partial charge in [-0.25, -0.2) is 0 Å². The van der Waals surface area contributed by atoms with Crippen molar-refractivity contribution in [3.8, 4) is 33.8 Å². The summed E-state index contributed by atoms with van der Waals surface area (Å²) in [6.45, 7) is 4.66. The van der Waals surface area contributed by atoms with Gasteiger partial charge in [0.05, 0.1) is 17.1 Å². The van der Waals surface area contributed by atoms with Crippen LogP contribution in [0.1, 0.15) is 25.0 Å². The number of para-hydroxylation sites is 4. The Labute approximate surface area is 281 Å². The molecule has 0 saturated heterocycles. The van der Waals surface area contributed by atoms with Crippen LogP contribution in [0.4, 0.5) is 34.1 Å². The maximum absolute atomic E-state index is 6.71. The van der Waals surface area contributed by atoms with Gasteiger partial charge >= 0.3 is 0 Å². The molecule has 3 heteroatoms. The Bertz CT molecular complexity index is 2290. The van der Waals surface area contributed by atoms with E-state index in [1.807, 2.05) is 6.07 Å². The largest absolute Gasteiger partial charge is 0.453 e. The summed E-state index contributed by atoms with van der Waals surface area (Å²) in [5, 5.41) is 0. The van der Waals surface area contributed by atoms with Gasteiger partial charge in [0.1, 0.15) is 0 Å². The second-order valence-electron chi connectivity index (χ2n) is 13.1. The molecule has 2 heterocycles. The zero-order valence-electron chi connectivity index (χ0n) is 27.0. The standard InChI is InChI=1S/C45H34N2O/c1-45(2)38-20-9-10-21-40(38)47-41-22-11-12-23-42(41)48-43-30-34(29-39(45)44(43)47)33-16-13-19-37(28-33)46(35-17-7-4-8-18-35)36-26-24-32(25-27-36)31-14-5-3-6-15-31/h3-30H,1-2H3. The Kier molecular flexibility index (Phi) is 6.48. The van der Waals surface area contributed by atoms with Crippen molar-refractivity contribution in [1.82, 2.24) is 0 Å². The average Bonchev–Trinajstić information content (AvgIpc) is 3.14. The monoisotopic (exact) mass is 618 g/mol. The molecule has 0 radical (unpaired) electrons. The highest BCUT2D eigenvalue weighted by atomic mass is 16.5. The normalized spacial score (nSPS) is 13.5. The minimum atomic E-state index is -0.225. The van der Waals surface area contributed by atoms with Crippen LogP contribution in [0, 0.1) is 0 Å². The molecule has 2 aliphatic heterocycles. The molecule has 3 nitrogen and oxygen atoms in total. The van der Waals surface area contributed by atoms with Crippen LogP contribution >= 0.6 is 0 Å². The van der Waals surface area contributed by atoms with Crippen LogP contribution in [0.2, 0.25) is 0 Å². The molecule has 230 valence electrons. The Morgan fingerprint density at radius 2 is 1.04 bits per heavy atom. The summed E-state index contributed by atoms with van der Waals surface area (Å²) in [7, 11) is 0. The first-order chi connectivity index (χ1) is 23.6. The quantitative estimate of drug-likeness (QED) is 0.191. The fourth-order valence-corrected chi connectivity index (χ4v) is 7.40. The highest BCUT2D eigenvalue weighted by molar-refractivity contribution is 5.95. The summed E-state index contributed by atoms with van der Waals surface area (Å²) in [5.74, 6) is 1.75. The summed E-state index contributed by atoms with van der Waals surface area (Å²) in [6, 6.07) is 60.5. The van der Waals surface area contributed by atoms with E-state index in [2.05, 4.69) is 187 Å². The number of benzene rings is 7. The third-order valence-corrected chi connectivity index (χ3v) is 9.80. The highest BCUT2D eigenvalue weighted by Crippen LogP contribution is 2.60. The van der Waals surface area contributed by atoms with Gasteiger partial charge in [-0.1, -0.05) is 117 Å². The molecule has 9 rings (SSSR count). The number of rotatable bonds is 5. The van der Waals surface area contributed by atoms with E-state index in [1.165, 1.54) is 27.9 Å². The van der Waals surface area contributed by atoms with E-state index in [1.54, 1.807) is 0 Å². The summed E-state index contributed by atoms with van der Waals surface area (Å²) in [4.78, 5) is 4.72. The second-order valence-corrected chi connectivity index (χ2v) is 13.1. The number of nitrogens with zero attached hydrogens (tertiary/aromatic N) is 2. The van der Waals surface area contributed by atoms with Crippen molar-refractivity contribution in [2.24, 2.45) is 0 Å². The minimum Gasteiger partial charge on any atom is -0.453 e. The van der Waals surface area contributed by atoms with Gasteiger partial charge in [0, 0.05) is 22.5 Å². The Hall–Kier alpha value is -6.06. The van der Waals surface area contributed by atoms with E-state index in [0.29, 0.717) is 0 Å². The lowest BCUT2D eigenvalue weighted by Gasteiger charge is -2.45. The summed E-state index contributed by atoms with van der Waals surface area (Å²) >= 11 is 0. The first-order valence-corrected chi connectivity index (χ1v) is 16.5. The lowest BCUT2D eigenvalue weighted by molar-refractivity contribution is 0.471. The van der Waals surface area contributed by atoms with E-state index in [0.717, 1.165) is 51.1 Å². The molecule has 0 N–H and O–H groups in total. The fourth-order valence-electron chi connectivity index (χ4n) is 7.40. The third-order valence-electron chi connectivity index (χ3n) is 9.80. The number of hydrogen-bond donors (Lipinski definition) is 0. The minimum absolute atomic E-state index is 0.225. The van der Waals surface area contributed by atoms with Crippen LogP contribution in [-0.4, -0.2) is 0 Å². The SMILES string of the molecule is CC1(C)c2ccccc2N2c3ccccc3Oc3cc(-c4cccc(N(c5ccccc5)c5ccc(-c6ccccc6)cc5)c4)cc1c32. The maximum atomic E-state index is 6.71. The predicted octanol–water partition coefficient (Wildman–Crippen LogP) is 12.7. The zero-order chi connectivity index (χ0) is 32.2. The highest BCUT2D eigenvalue weighted by Gasteiger charge is 2.41. The van der Waals surface area contributed by atoms with Crippen molar-refractivity contribution in [1.29, 1.82) is 0 Å². The number of anilines is 6. The maximum Gasteiger partial charge on any atom is 0.152 e. The second kappa shape index (κ2) is 11.0. The lowest BCUT2D eigenvalue weighted by atomic mass is 9.72. The summed E-state index contributed by atoms with van der Waals surface area (Å²) in [5.41, 5.74) is 13.7. The van der Waals surface area contributed by atoms with Crippen molar-refractivity contribution in [3.05, 3.63) is 181 Å². The topological polar surface area (TPSA) is 15.7 Å². The Morgan fingerprint density at radius 1 is 0.438 bits per heavy atom. The molecule has 2 aliphatic rings. The van der Waals surface area contributed by atoms with E-state index >= 15 is 0 Å². The van der Waals surface area contributed by atoms with Crippen molar-refractivity contribution in [3.63, 3.8) is 0 Å². The molecule has 0 aliphatic carbocycles. The van der Waals surface area contributed by atoms with Crippen LogP contribution in [0.5, 0.6) is 11.5 Å². The Morgan fingerprint density at radius 3 is 1.83 bits per heavy atom. The Balaban J connectivity index is 1.18. The first kappa shape index (κ1) is 28.2. The van der Waals surface area contributed by atoms with Gasteiger partial charge in [0.15, 0.2) is 11.5 Å². The molecule has 48 heavy (non-hydrogen) atoms. The van der Waals surface area contributed by atoms with Gasteiger partial charge in [-0.05, 0) is 100 Å². The van der Waals surface area contributed by atoms with Crippen LogP contribution in [0.3, 0.4) is 0 Å². The smallest absolute Gasteiger partial charge is 0.152 e. The molecular weight excluding hydrogens is 585 g/mol. The van der Waals surface area contributed by atoms with E-state index in [4.69, 9.17) is 4.74 Å². The van der Waals surface area contributed by atoms with Crippen molar-refractivity contribution in [2.75, 3.05) is 9.80 Å². The van der Waals surface area contributed by atoms with Crippen LogP contribution < -0.4 is 14.5 Å². The zero-order valence-corrected chi connectivity index (χ0v) is 27.0. The molecule has 7 aromatic rings. The first-order valence-electron chi connectivity index (χ1n) is 16.5. The van der Waals surface area contributed by atoms with Crippen molar-refractivity contribution >= 4 is 34.1 Å². The molecule has 0 spiro atoms. The van der Waals surface area contributed by atoms with Crippen LogP contribution in [-0.2, 0) is 5.41 Å². The van der Waals surface area contributed by atoms with Crippen LogP contribution in [0.25, 0.3) is 22.3 Å². The third kappa shape index (κ3) is 4.51. The average molecular weight is 619 g/mol. The molecular formula is C45H34N2O. The van der Waals surface area contributed by atoms with Crippen molar-refractivity contribution < 1.29 is 4.74 Å². The molecule has 0 saturated carbocycles. The molecule has 7 aromatic carbocycles. The van der Waals surface area contributed by atoms with Gasteiger partial charge in [-0.3, -0.25) is 0 Å². The van der Waals surface area contributed by atoms with Gasteiger partial charge in [0.25, 0.3) is 0 Å². The van der Waals surface area contributed by atoms with Gasteiger partial charge in [-0.2, -0.15) is 0 Å². The van der Waals surface area contributed by atoms with Gasteiger partial charge < -0.3 is 14.5 Å². The van der Waals surface area contributed by atoms with Gasteiger partial charge in [0.2, 0.25) is 0 Å². The molecule has 0 atom stereocenters. The number of fused-ring (bicyclic) bond motifs is 4. The van der Waals surface area contributed by atoms with Gasteiger partial charge in [-0.15, -0.1) is 0 Å². The van der Waals surface area contributed by atoms with Crippen LogP contribution in [0.15, 0.2) is 170 Å². The fraction of sp³-hybridized carbons (Fsp3) is 0.0667. The lowest BCUT2D eigenvalue weighted by Crippen LogP contribution is -2.32. The summed E-state index contributed by atoms with van der Waals surface area (Å²) in [6.07, 6.45) is 0. The van der Waals surface area contributed by atoms with E-state index in [9.17, 15) is 0 Å². The molecule has 0 bridgehead atoms. The number of ether oxygens (including phenoxy) is 1. The molecule has 0 amide bonds. The van der Waals surface area contributed by atoms with Crippen molar-refractivity contribution in [2.45, 2.75) is 19.3 Å². The molecule has 0 fully saturated rings. The molecule has 0 aromatic heterocycles. The van der Waals surface area contributed by atoms with E-state index < -0.39 is 0 Å². The molecule has 0 unspecified atom stereocenters. The predicted molar refractivity (Wildman–Crippen MR) is 199 cm³/mol. The van der Waals surface area contributed by atoms with E-state index in [-0.39, 0.29) is 5.41 Å².